The summed E-state index contributed by atoms with van der Waals surface area (Å²) in [7, 11) is 1.56. The predicted octanol–water partition coefficient (Wildman–Crippen LogP) is 0.526. The number of hydrogen-bond donors (Lipinski definition) is 2. The van der Waals surface area contributed by atoms with Crippen LogP contribution in [0.3, 0.4) is 0 Å². The Morgan fingerprint density at radius 2 is 2.20 bits per heavy atom. The van der Waals surface area contributed by atoms with Gasteiger partial charge in [0.25, 0.3) is 5.91 Å². The minimum atomic E-state index is -0.739. The molecule has 0 aromatic heterocycles. The zero-order valence-corrected chi connectivity index (χ0v) is 10.1. The van der Waals surface area contributed by atoms with E-state index in [0.29, 0.717) is 5.92 Å². The summed E-state index contributed by atoms with van der Waals surface area (Å²) in [6.45, 7) is 7.63. The van der Waals surface area contributed by atoms with Crippen LogP contribution in [-0.4, -0.2) is 37.7 Å². The minimum Gasteiger partial charge on any atom is -0.369 e. The van der Waals surface area contributed by atoms with Crippen molar-refractivity contribution >= 4 is 5.91 Å². The van der Waals surface area contributed by atoms with Gasteiger partial charge in [-0.3, -0.25) is 4.79 Å². The number of ether oxygens (including phenoxy) is 1. The molecule has 1 rings (SSSR count). The SMILES string of the molecule is COC(C)(C)C(=O)NC1CNCCC1C. The highest BCUT2D eigenvalue weighted by atomic mass is 16.5. The van der Waals surface area contributed by atoms with E-state index in [9.17, 15) is 4.79 Å². The number of carbonyl (C=O) groups is 1. The lowest BCUT2D eigenvalue weighted by molar-refractivity contribution is -0.140. The van der Waals surface area contributed by atoms with Crippen molar-refractivity contribution < 1.29 is 9.53 Å². The summed E-state index contributed by atoms with van der Waals surface area (Å²) in [5.74, 6) is 0.494. The lowest BCUT2D eigenvalue weighted by Crippen LogP contribution is -2.55. The largest absolute Gasteiger partial charge is 0.369 e. The van der Waals surface area contributed by atoms with Crippen LogP contribution >= 0.6 is 0 Å². The van der Waals surface area contributed by atoms with E-state index in [-0.39, 0.29) is 11.9 Å². The molecule has 1 aliphatic rings. The number of carbonyl (C=O) groups excluding carboxylic acids is 1. The molecule has 0 aromatic carbocycles. The van der Waals surface area contributed by atoms with Gasteiger partial charge in [0.05, 0.1) is 0 Å². The highest BCUT2D eigenvalue weighted by molar-refractivity contribution is 5.84. The molecule has 0 spiro atoms. The van der Waals surface area contributed by atoms with Gasteiger partial charge in [0.15, 0.2) is 0 Å². The van der Waals surface area contributed by atoms with Crippen molar-refractivity contribution in [1.29, 1.82) is 0 Å². The van der Waals surface area contributed by atoms with Crippen molar-refractivity contribution in [3.05, 3.63) is 0 Å². The number of methoxy groups -OCH3 is 1. The van der Waals surface area contributed by atoms with Crippen LogP contribution in [0, 0.1) is 5.92 Å². The fourth-order valence-electron chi connectivity index (χ4n) is 1.62. The third-order valence-electron chi connectivity index (χ3n) is 3.20. The Bertz CT molecular complexity index is 229. The van der Waals surface area contributed by atoms with Crippen molar-refractivity contribution in [2.24, 2.45) is 5.92 Å². The smallest absolute Gasteiger partial charge is 0.251 e. The highest BCUT2D eigenvalue weighted by Crippen LogP contribution is 2.14. The maximum Gasteiger partial charge on any atom is 0.251 e. The molecule has 1 aliphatic heterocycles. The van der Waals surface area contributed by atoms with E-state index in [1.807, 2.05) is 0 Å². The average Bonchev–Trinajstić information content (AvgIpc) is 2.21. The molecule has 88 valence electrons. The van der Waals surface area contributed by atoms with Gasteiger partial charge in [0.2, 0.25) is 0 Å². The number of hydrogen-bond acceptors (Lipinski definition) is 3. The second kappa shape index (κ2) is 4.94. The van der Waals surface area contributed by atoms with Crippen LogP contribution < -0.4 is 10.6 Å². The van der Waals surface area contributed by atoms with Gasteiger partial charge in [-0.15, -0.1) is 0 Å². The summed E-state index contributed by atoms with van der Waals surface area (Å²) in [6, 6.07) is 0.223. The second-order valence-corrected chi connectivity index (χ2v) is 4.76. The molecular formula is C11H22N2O2. The highest BCUT2D eigenvalue weighted by Gasteiger charge is 2.31. The normalized spacial score (nSPS) is 27.5. The first-order chi connectivity index (χ1) is 6.97. The van der Waals surface area contributed by atoms with Crippen LogP contribution in [0.4, 0.5) is 0 Å². The van der Waals surface area contributed by atoms with E-state index in [1.165, 1.54) is 0 Å². The van der Waals surface area contributed by atoms with E-state index in [1.54, 1.807) is 21.0 Å². The Labute approximate surface area is 91.8 Å². The molecule has 1 heterocycles. The van der Waals surface area contributed by atoms with E-state index < -0.39 is 5.60 Å². The summed E-state index contributed by atoms with van der Waals surface area (Å²) in [5, 5.41) is 6.32. The fraction of sp³-hybridized carbons (Fsp3) is 0.909. The minimum absolute atomic E-state index is 0.0365. The summed E-state index contributed by atoms with van der Waals surface area (Å²) in [4.78, 5) is 11.8. The van der Waals surface area contributed by atoms with E-state index in [4.69, 9.17) is 4.74 Å². The molecule has 0 aliphatic carbocycles. The predicted molar refractivity (Wildman–Crippen MR) is 59.7 cm³/mol. The topological polar surface area (TPSA) is 50.4 Å². The van der Waals surface area contributed by atoms with Crippen LogP contribution in [-0.2, 0) is 9.53 Å². The summed E-state index contributed by atoms with van der Waals surface area (Å²) in [5.41, 5.74) is -0.739. The van der Waals surface area contributed by atoms with Crippen LogP contribution in [0.2, 0.25) is 0 Å². The molecule has 1 fully saturated rings. The van der Waals surface area contributed by atoms with Gasteiger partial charge in [-0.2, -0.15) is 0 Å². The first kappa shape index (κ1) is 12.5. The Balaban J connectivity index is 2.50. The first-order valence-electron chi connectivity index (χ1n) is 5.54. The molecule has 4 nitrogen and oxygen atoms in total. The van der Waals surface area contributed by atoms with Crippen molar-refractivity contribution in [2.45, 2.75) is 38.8 Å². The summed E-state index contributed by atoms with van der Waals surface area (Å²) >= 11 is 0. The van der Waals surface area contributed by atoms with Gasteiger partial charge < -0.3 is 15.4 Å². The molecular weight excluding hydrogens is 192 g/mol. The monoisotopic (exact) mass is 214 g/mol. The van der Waals surface area contributed by atoms with E-state index in [0.717, 1.165) is 19.5 Å². The van der Waals surface area contributed by atoms with Crippen molar-refractivity contribution in [1.82, 2.24) is 10.6 Å². The van der Waals surface area contributed by atoms with Gasteiger partial charge >= 0.3 is 0 Å². The van der Waals surface area contributed by atoms with Crippen molar-refractivity contribution in [3.63, 3.8) is 0 Å². The van der Waals surface area contributed by atoms with Gasteiger partial charge in [-0.1, -0.05) is 6.92 Å². The lowest BCUT2D eigenvalue weighted by atomic mass is 9.94. The van der Waals surface area contributed by atoms with E-state index in [2.05, 4.69) is 17.6 Å². The number of nitrogens with one attached hydrogen (secondary N) is 2. The Kier molecular flexibility index (Phi) is 4.11. The van der Waals surface area contributed by atoms with Crippen molar-refractivity contribution in [3.8, 4) is 0 Å². The maximum absolute atomic E-state index is 11.8. The third kappa shape index (κ3) is 3.18. The van der Waals surface area contributed by atoms with Crippen LogP contribution in [0.5, 0.6) is 0 Å². The molecule has 2 unspecified atom stereocenters. The quantitative estimate of drug-likeness (QED) is 0.720. The molecule has 4 heteroatoms. The van der Waals surface area contributed by atoms with E-state index >= 15 is 0 Å². The average molecular weight is 214 g/mol. The van der Waals surface area contributed by atoms with Gasteiger partial charge in [0.1, 0.15) is 5.60 Å². The zero-order chi connectivity index (χ0) is 11.5. The van der Waals surface area contributed by atoms with Gasteiger partial charge in [-0.05, 0) is 32.7 Å². The number of amides is 1. The third-order valence-corrected chi connectivity index (χ3v) is 3.20. The number of rotatable bonds is 3. The van der Waals surface area contributed by atoms with Gasteiger partial charge in [0, 0.05) is 19.7 Å². The summed E-state index contributed by atoms with van der Waals surface area (Å²) in [6.07, 6.45) is 1.11. The zero-order valence-electron chi connectivity index (χ0n) is 10.1. The van der Waals surface area contributed by atoms with Crippen molar-refractivity contribution in [2.75, 3.05) is 20.2 Å². The molecule has 1 amide bonds. The molecule has 0 bridgehead atoms. The molecule has 1 saturated heterocycles. The molecule has 0 aromatic rings. The number of piperidine rings is 1. The van der Waals surface area contributed by atoms with Crippen LogP contribution in [0.1, 0.15) is 27.2 Å². The van der Waals surface area contributed by atoms with Gasteiger partial charge in [-0.25, -0.2) is 0 Å². The standard InChI is InChI=1S/C11H22N2O2/c1-8-5-6-12-7-9(8)13-10(14)11(2,3)15-4/h8-9,12H,5-7H2,1-4H3,(H,13,14). The summed E-state index contributed by atoms with van der Waals surface area (Å²) < 4.78 is 5.14. The maximum atomic E-state index is 11.8. The lowest BCUT2D eigenvalue weighted by Gasteiger charge is -2.33. The van der Waals surface area contributed by atoms with Crippen LogP contribution in [0.15, 0.2) is 0 Å². The Morgan fingerprint density at radius 1 is 1.53 bits per heavy atom. The molecule has 0 radical (unpaired) electrons. The first-order valence-corrected chi connectivity index (χ1v) is 5.54. The fourth-order valence-corrected chi connectivity index (χ4v) is 1.62. The molecule has 2 N–H and O–H groups in total. The molecule has 2 atom stereocenters. The Hall–Kier alpha value is -0.610. The van der Waals surface area contributed by atoms with Crippen LogP contribution in [0.25, 0.3) is 0 Å². The molecule has 15 heavy (non-hydrogen) atoms. The Morgan fingerprint density at radius 3 is 2.73 bits per heavy atom. The molecule has 0 saturated carbocycles. The second-order valence-electron chi connectivity index (χ2n) is 4.76.